The number of rotatable bonds is 4. The highest BCUT2D eigenvalue weighted by atomic mass is 16.6. The van der Waals surface area contributed by atoms with Crippen molar-refractivity contribution in [3.8, 4) is 0 Å². The van der Waals surface area contributed by atoms with Gasteiger partial charge in [0.15, 0.2) is 0 Å². The molecule has 2 unspecified atom stereocenters. The fourth-order valence-corrected chi connectivity index (χ4v) is 3.90. The monoisotopic (exact) mass is 440 g/mol. The van der Waals surface area contributed by atoms with Crippen molar-refractivity contribution < 1.29 is 19.4 Å². The number of nitro groups is 2. The molecule has 2 aromatic rings. The Hall–Kier alpha value is -3.82. The maximum absolute atomic E-state index is 13.1. The zero-order valence-electron chi connectivity index (χ0n) is 18.3. The normalized spacial score (nSPS) is 18.4. The minimum Gasteiger partial charge on any atom is -0.332 e. The van der Waals surface area contributed by atoms with Crippen LogP contribution in [-0.4, -0.2) is 56.6 Å². The van der Waals surface area contributed by atoms with Gasteiger partial charge in [0.1, 0.15) is 0 Å². The molecule has 1 fully saturated rings. The maximum atomic E-state index is 13.1. The van der Waals surface area contributed by atoms with Gasteiger partial charge in [-0.05, 0) is 39.8 Å². The summed E-state index contributed by atoms with van der Waals surface area (Å²) in [5.41, 5.74) is 1.13. The van der Waals surface area contributed by atoms with Gasteiger partial charge in [0, 0.05) is 59.6 Å². The van der Waals surface area contributed by atoms with E-state index in [0.29, 0.717) is 11.1 Å². The molecule has 0 N–H and O–H groups in total. The van der Waals surface area contributed by atoms with E-state index >= 15 is 0 Å². The minimum atomic E-state index is -0.518. The summed E-state index contributed by atoms with van der Waals surface area (Å²) in [6, 6.07) is 8.07. The molecule has 2 atom stereocenters. The lowest BCUT2D eigenvalue weighted by molar-refractivity contribution is -0.385. The molecule has 0 aromatic heterocycles. The van der Waals surface area contributed by atoms with E-state index in [1.807, 2.05) is 0 Å². The van der Waals surface area contributed by atoms with Crippen molar-refractivity contribution in [3.63, 3.8) is 0 Å². The lowest BCUT2D eigenvalue weighted by Gasteiger charge is -2.44. The second-order valence-corrected chi connectivity index (χ2v) is 8.13. The minimum absolute atomic E-state index is 0.119. The molecule has 0 spiro atoms. The Labute approximate surface area is 184 Å². The molecule has 168 valence electrons. The molecular formula is C22H24N4O6. The molecule has 1 saturated heterocycles. The van der Waals surface area contributed by atoms with Crippen LogP contribution in [0.5, 0.6) is 0 Å². The standard InChI is InChI=1S/C22H24N4O6/c1-13-5-7-17(9-19(13)25(29)30)21(27)23-11-16(4)24(12-15(23)3)22(28)18-8-6-14(2)20(10-18)26(31)32/h5-10,15-16H,11-12H2,1-4H3. The van der Waals surface area contributed by atoms with Crippen LogP contribution in [0.3, 0.4) is 0 Å². The van der Waals surface area contributed by atoms with Crippen LogP contribution in [0.1, 0.15) is 45.7 Å². The number of piperazine rings is 1. The van der Waals surface area contributed by atoms with Crippen LogP contribution in [0.25, 0.3) is 0 Å². The summed E-state index contributed by atoms with van der Waals surface area (Å²) < 4.78 is 0. The van der Waals surface area contributed by atoms with Crippen LogP contribution in [0.15, 0.2) is 36.4 Å². The van der Waals surface area contributed by atoms with E-state index in [9.17, 15) is 29.8 Å². The molecule has 32 heavy (non-hydrogen) atoms. The Morgan fingerprint density at radius 1 is 0.781 bits per heavy atom. The van der Waals surface area contributed by atoms with Gasteiger partial charge in [-0.3, -0.25) is 29.8 Å². The molecule has 2 aromatic carbocycles. The lowest BCUT2D eigenvalue weighted by atomic mass is 10.0. The Morgan fingerprint density at radius 2 is 1.12 bits per heavy atom. The topological polar surface area (TPSA) is 127 Å². The molecule has 0 bridgehead atoms. The number of carbonyl (C=O) groups excluding carboxylic acids is 2. The first-order valence-electron chi connectivity index (χ1n) is 10.1. The Morgan fingerprint density at radius 3 is 1.44 bits per heavy atom. The summed E-state index contributed by atoms with van der Waals surface area (Å²) in [5, 5.41) is 22.4. The van der Waals surface area contributed by atoms with Crippen molar-refractivity contribution >= 4 is 23.2 Å². The summed E-state index contributed by atoms with van der Waals surface area (Å²) in [5.74, 6) is -0.684. The first-order chi connectivity index (χ1) is 15.0. The van der Waals surface area contributed by atoms with Crippen molar-refractivity contribution in [1.82, 2.24) is 9.80 Å². The zero-order valence-corrected chi connectivity index (χ0v) is 18.3. The second kappa shape index (κ2) is 8.74. The summed E-state index contributed by atoms with van der Waals surface area (Å²) in [6.07, 6.45) is 0. The number of nitrogens with zero attached hydrogens (tertiary/aromatic N) is 4. The third-order valence-electron chi connectivity index (χ3n) is 5.81. The van der Waals surface area contributed by atoms with Crippen LogP contribution in [0, 0.1) is 34.1 Å². The summed E-state index contributed by atoms with van der Waals surface area (Å²) >= 11 is 0. The SMILES string of the molecule is Cc1ccc(C(=O)N2CC(C)N(C(=O)c3ccc(C)c([N+](=O)[O-])c3)CC2C)cc1[N+](=O)[O-]. The van der Waals surface area contributed by atoms with Gasteiger partial charge < -0.3 is 9.80 Å². The molecule has 0 radical (unpaired) electrons. The van der Waals surface area contributed by atoms with Crippen LogP contribution in [0.4, 0.5) is 11.4 Å². The Balaban J connectivity index is 1.81. The Kier molecular flexibility index (Phi) is 6.24. The first-order valence-corrected chi connectivity index (χ1v) is 10.1. The molecule has 10 nitrogen and oxygen atoms in total. The van der Waals surface area contributed by atoms with Gasteiger partial charge >= 0.3 is 0 Å². The fourth-order valence-electron chi connectivity index (χ4n) is 3.90. The van der Waals surface area contributed by atoms with E-state index in [1.165, 1.54) is 12.1 Å². The average Bonchev–Trinajstić information content (AvgIpc) is 2.74. The number of carbonyl (C=O) groups is 2. The molecular weight excluding hydrogens is 416 g/mol. The number of nitro benzene ring substituents is 2. The second-order valence-electron chi connectivity index (χ2n) is 8.13. The summed E-state index contributed by atoms with van der Waals surface area (Å²) in [4.78, 5) is 50.7. The molecule has 1 aliphatic heterocycles. The third-order valence-corrected chi connectivity index (χ3v) is 5.81. The third kappa shape index (κ3) is 4.29. The van der Waals surface area contributed by atoms with Gasteiger partial charge in [0.05, 0.1) is 9.85 Å². The van der Waals surface area contributed by atoms with E-state index < -0.39 is 9.85 Å². The molecule has 0 saturated carbocycles. The van der Waals surface area contributed by atoms with Crippen molar-refractivity contribution in [2.24, 2.45) is 0 Å². The maximum Gasteiger partial charge on any atom is 0.273 e. The summed E-state index contributed by atoms with van der Waals surface area (Å²) in [7, 11) is 0. The number of hydrogen-bond donors (Lipinski definition) is 0. The fraction of sp³-hybridized carbons (Fsp3) is 0.364. The Bertz CT molecular complexity index is 1030. The van der Waals surface area contributed by atoms with Gasteiger partial charge in [0.25, 0.3) is 23.2 Å². The zero-order chi connectivity index (χ0) is 23.7. The molecule has 0 aliphatic carbocycles. The van der Waals surface area contributed by atoms with Gasteiger partial charge in [0.2, 0.25) is 0 Å². The van der Waals surface area contributed by atoms with Crippen molar-refractivity contribution in [2.75, 3.05) is 13.1 Å². The highest BCUT2D eigenvalue weighted by Crippen LogP contribution is 2.25. The quantitative estimate of drug-likeness (QED) is 0.529. The highest BCUT2D eigenvalue weighted by molar-refractivity contribution is 5.97. The van der Waals surface area contributed by atoms with Crippen LogP contribution in [-0.2, 0) is 0 Å². The van der Waals surface area contributed by atoms with E-state index in [4.69, 9.17) is 0 Å². The molecule has 2 amide bonds. The van der Waals surface area contributed by atoms with Gasteiger partial charge in [-0.2, -0.15) is 0 Å². The lowest BCUT2D eigenvalue weighted by Crippen LogP contribution is -2.59. The van der Waals surface area contributed by atoms with Crippen LogP contribution < -0.4 is 0 Å². The average molecular weight is 440 g/mol. The highest BCUT2D eigenvalue weighted by Gasteiger charge is 2.36. The van der Waals surface area contributed by atoms with E-state index in [1.54, 1.807) is 61.8 Å². The first kappa shape index (κ1) is 22.9. The van der Waals surface area contributed by atoms with Crippen molar-refractivity contribution in [1.29, 1.82) is 0 Å². The predicted octanol–water partition coefficient (Wildman–Crippen LogP) is 3.50. The van der Waals surface area contributed by atoms with Crippen molar-refractivity contribution in [2.45, 2.75) is 39.8 Å². The van der Waals surface area contributed by atoms with Gasteiger partial charge in [-0.1, -0.05) is 12.1 Å². The van der Waals surface area contributed by atoms with Gasteiger partial charge in [-0.25, -0.2) is 0 Å². The van der Waals surface area contributed by atoms with Gasteiger partial charge in [-0.15, -0.1) is 0 Å². The van der Waals surface area contributed by atoms with Crippen LogP contribution in [0.2, 0.25) is 0 Å². The summed E-state index contributed by atoms with van der Waals surface area (Å²) in [6.45, 7) is 7.28. The number of hydrogen-bond acceptors (Lipinski definition) is 6. The van der Waals surface area contributed by atoms with E-state index in [0.717, 1.165) is 0 Å². The molecule has 1 aliphatic rings. The molecule has 10 heteroatoms. The van der Waals surface area contributed by atoms with Crippen LogP contribution >= 0.6 is 0 Å². The molecule has 3 rings (SSSR count). The largest absolute Gasteiger partial charge is 0.332 e. The number of benzene rings is 2. The number of amides is 2. The number of aryl methyl sites for hydroxylation is 2. The van der Waals surface area contributed by atoms with E-state index in [-0.39, 0.29) is 59.5 Å². The van der Waals surface area contributed by atoms with E-state index in [2.05, 4.69) is 0 Å². The smallest absolute Gasteiger partial charge is 0.273 e. The van der Waals surface area contributed by atoms with Crippen molar-refractivity contribution in [3.05, 3.63) is 78.9 Å². The molecule has 1 heterocycles. The predicted molar refractivity (Wildman–Crippen MR) is 117 cm³/mol.